The summed E-state index contributed by atoms with van der Waals surface area (Å²) in [5.41, 5.74) is 15.3. The van der Waals surface area contributed by atoms with Crippen molar-refractivity contribution in [3.63, 3.8) is 0 Å². The maximum atomic E-state index is 15.9. The van der Waals surface area contributed by atoms with Crippen LogP contribution in [-0.2, 0) is 5.41 Å². The third-order valence-corrected chi connectivity index (χ3v) is 12.8. The summed E-state index contributed by atoms with van der Waals surface area (Å²) in [5, 5.41) is 0. The summed E-state index contributed by atoms with van der Waals surface area (Å²) in [7, 11) is 0. The van der Waals surface area contributed by atoms with E-state index in [0.717, 1.165) is 39.5 Å². The summed E-state index contributed by atoms with van der Waals surface area (Å²) < 4.78 is 25.2. The van der Waals surface area contributed by atoms with Crippen molar-refractivity contribution >= 4 is 22.8 Å². The smallest absolute Gasteiger partial charge is 0.134 e. The number of hydrogen-bond acceptors (Lipinski definition) is 3. The highest BCUT2D eigenvalue weighted by Gasteiger charge is 2.45. The van der Waals surface area contributed by atoms with E-state index in [1.165, 1.54) is 97.6 Å². The average Bonchev–Trinajstić information content (AvgIpc) is 3.76. The molecule has 2 nitrogen and oxygen atoms in total. The fourth-order valence-electron chi connectivity index (χ4n) is 9.15. The summed E-state index contributed by atoms with van der Waals surface area (Å²) in [6, 6.07) is 32.7. The number of aryl methyl sites for hydroxylation is 2. The van der Waals surface area contributed by atoms with Gasteiger partial charge in [0.1, 0.15) is 16.9 Å². The van der Waals surface area contributed by atoms with E-state index in [4.69, 9.17) is 0 Å². The second-order valence-corrected chi connectivity index (χ2v) is 16.3. The van der Waals surface area contributed by atoms with Gasteiger partial charge in [0, 0.05) is 16.5 Å². The van der Waals surface area contributed by atoms with Crippen LogP contribution in [0.2, 0.25) is 0 Å². The molecule has 7 rings (SSSR count). The summed E-state index contributed by atoms with van der Waals surface area (Å²) in [6.45, 7) is 13.8. The predicted molar refractivity (Wildman–Crippen MR) is 225 cm³/mol. The van der Waals surface area contributed by atoms with E-state index < -0.39 is 0 Å². The molecule has 0 fully saturated rings. The molecule has 5 aromatic carbocycles. The number of rotatable bonds is 15. The molecule has 6 aromatic rings. The highest BCUT2D eigenvalue weighted by atomic mass is 32.1. The quantitative estimate of drug-likeness (QED) is 0.105. The van der Waals surface area contributed by atoms with Crippen LogP contribution in [0.4, 0.5) is 4.39 Å². The lowest BCUT2D eigenvalue weighted by atomic mass is 9.65. The highest BCUT2D eigenvalue weighted by Crippen LogP contribution is 2.57. The zero-order chi connectivity index (χ0) is 37.1. The minimum absolute atomic E-state index is 0.00454. The predicted octanol–water partition coefficient (Wildman–Crippen LogP) is 14.9. The van der Waals surface area contributed by atoms with Crippen LogP contribution in [0.15, 0.2) is 91.0 Å². The minimum Gasteiger partial charge on any atom is -0.206 e. The zero-order valence-corrected chi connectivity index (χ0v) is 33.4. The number of halogens is 1. The molecular weight excluding hydrogens is 668 g/mol. The van der Waals surface area contributed by atoms with E-state index in [1.54, 1.807) is 11.6 Å². The first-order chi connectivity index (χ1) is 25.8. The maximum Gasteiger partial charge on any atom is 0.134 e. The van der Waals surface area contributed by atoms with Crippen LogP contribution < -0.4 is 0 Å². The van der Waals surface area contributed by atoms with Crippen molar-refractivity contribution in [3.8, 4) is 44.5 Å². The molecule has 2 unspecified atom stereocenters. The molecule has 0 saturated heterocycles. The number of benzene rings is 5. The molecule has 1 aliphatic rings. The molecule has 53 heavy (non-hydrogen) atoms. The lowest BCUT2D eigenvalue weighted by Gasteiger charge is -2.39. The minimum atomic E-state index is -0.272. The SMILES string of the molecule is CCCCC(CC)CC1(CC(CC)CCCC)c2cc(C)ccc2-c2ccc(-c3ccc(-c4cc(F)c(-c5ccc(C)cc5)c5nsnc45)cc3)cc21. The van der Waals surface area contributed by atoms with Gasteiger partial charge in [0.25, 0.3) is 0 Å². The molecule has 4 heteroatoms. The second-order valence-electron chi connectivity index (χ2n) is 15.8. The van der Waals surface area contributed by atoms with Crippen molar-refractivity contribution < 1.29 is 4.39 Å². The first-order valence-corrected chi connectivity index (χ1v) is 20.9. The number of hydrogen-bond donors (Lipinski definition) is 0. The topological polar surface area (TPSA) is 25.8 Å². The number of unbranched alkanes of at least 4 members (excludes halogenated alkanes) is 2. The van der Waals surface area contributed by atoms with Crippen LogP contribution >= 0.6 is 11.7 Å². The van der Waals surface area contributed by atoms with Gasteiger partial charge in [0.05, 0.1) is 11.7 Å². The summed E-state index contributed by atoms with van der Waals surface area (Å²) in [5.74, 6) is 1.11. The Labute approximate surface area is 321 Å². The molecule has 0 spiro atoms. The van der Waals surface area contributed by atoms with Crippen LogP contribution in [0, 0.1) is 31.5 Å². The molecular formula is C49H55FN2S. The Morgan fingerprint density at radius 1 is 0.566 bits per heavy atom. The number of fused-ring (bicyclic) bond motifs is 4. The van der Waals surface area contributed by atoms with E-state index in [9.17, 15) is 0 Å². The van der Waals surface area contributed by atoms with Crippen LogP contribution in [0.25, 0.3) is 55.5 Å². The lowest BCUT2D eigenvalue weighted by molar-refractivity contribution is 0.266. The van der Waals surface area contributed by atoms with Gasteiger partial charge in [-0.2, -0.15) is 8.75 Å². The van der Waals surface area contributed by atoms with Gasteiger partial charge in [-0.1, -0.05) is 169 Å². The third kappa shape index (κ3) is 7.24. The fraction of sp³-hybridized carbons (Fsp3) is 0.388. The Kier molecular flexibility index (Phi) is 11.3. The molecule has 0 radical (unpaired) electrons. The van der Waals surface area contributed by atoms with Crippen molar-refractivity contribution in [2.45, 2.75) is 111 Å². The van der Waals surface area contributed by atoms with Gasteiger partial charge in [-0.15, -0.1) is 0 Å². The molecule has 0 amide bonds. The van der Waals surface area contributed by atoms with Gasteiger partial charge in [-0.05, 0) is 95.2 Å². The van der Waals surface area contributed by atoms with Gasteiger partial charge in [-0.25, -0.2) is 4.39 Å². The molecule has 274 valence electrons. The number of aromatic nitrogens is 2. The Morgan fingerprint density at radius 2 is 1.09 bits per heavy atom. The Balaban J connectivity index is 1.30. The molecule has 1 heterocycles. The van der Waals surface area contributed by atoms with Crippen molar-refractivity contribution in [2.24, 2.45) is 11.8 Å². The monoisotopic (exact) mass is 722 g/mol. The van der Waals surface area contributed by atoms with Gasteiger partial charge in [0.15, 0.2) is 0 Å². The van der Waals surface area contributed by atoms with Gasteiger partial charge in [-0.3, -0.25) is 0 Å². The van der Waals surface area contributed by atoms with E-state index in [2.05, 4.69) is 104 Å². The van der Waals surface area contributed by atoms with Crippen LogP contribution in [0.5, 0.6) is 0 Å². The van der Waals surface area contributed by atoms with Crippen molar-refractivity contribution in [1.29, 1.82) is 0 Å². The van der Waals surface area contributed by atoms with E-state index in [1.807, 2.05) is 31.2 Å². The third-order valence-electron chi connectivity index (χ3n) is 12.2. The first-order valence-electron chi connectivity index (χ1n) is 20.2. The largest absolute Gasteiger partial charge is 0.206 e. The summed E-state index contributed by atoms with van der Waals surface area (Å²) >= 11 is 1.14. The molecule has 1 aliphatic carbocycles. The van der Waals surface area contributed by atoms with Gasteiger partial charge < -0.3 is 0 Å². The van der Waals surface area contributed by atoms with Crippen LogP contribution in [-0.4, -0.2) is 8.75 Å². The molecule has 0 saturated carbocycles. The van der Waals surface area contributed by atoms with Gasteiger partial charge in [0.2, 0.25) is 0 Å². The highest BCUT2D eigenvalue weighted by molar-refractivity contribution is 7.00. The zero-order valence-electron chi connectivity index (χ0n) is 32.6. The first kappa shape index (κ1) is 37.2. The van der Waals surface area contributed by atoms with Crippen LogP contribution in [0.1, 0.15) is 114 Å². The second kappa shape index (κ2) is 16.1. The summed E-state index contributed by atoms with van der Waals surface area (Å²) in [6.07, 6.45) is 12.5. The van der Waals surface area contributed by atoms with E-state index in [0.29, 0.717) is 22.9 Å². The fourth-order valence-corrected chi connectivity index (χ4v) is 9.72. The molecule has 0 bridgehead atoms. The Hall–Kier alpha value is -4.15. The summed E-state index contributed by atoms with van der Waals surface area (Å²) in [4.78, 5) is 0. The Morgan fingerprint density at radius 3 is 1.72 bits per heavy atom. The molecule has 0 aliphatic heterocycles. The van der Waals surface area contributed by atoms with E-state index in [-0.39, 0.29) is 11.2 Å². The lowest BCUT2D eigenvalue weighted by Crippen LogP contribution is -2.31. The van der Waals surface area contributed by atoms with E-state index >= 15 is 4.39 Å². The Bertz CT molecular complexity index is 2160. The normalized spacial score (nSPS) is 16.1. The average molecular weight is 723 g/mol. The van der Waals surface area contributed by atoms with Crippen molar-refractivity contribution in [2.75, 3.05) is 0 Å². The van der Waals surface area contributed by atoms with Gasteiger partial charge >= 0.3 is 0 Å². The van der Waals surface area contributed by atoms with Crippen molar-refractivity contribution in [3.05, 3.63) is 119 Å². The number of nitrogens with zero attached hydrogens (tertiary/aromatic N) is 2. The van der Waals surface area contributed by atoms with Crippen molar-refractivity contribution in [1.82, 2.24) is 8.75 Å². The maximum absolute atomic E-state index is 15.9. The standard InChI is InChI=1S/C49H55FN2S/c1-7-11-13-34(9-3)30-49(31-35(10-4)14-12-8-2)43-27-33(6)17-25-40(43)41-26-24-39(28-44(41)49)36-20-22-37(23-21-36)42-29-45(50)46(48-47(42)51-53-52-48)38-18-15-32(5)16-19-38/h15-29,34-35H,7-14,30-31H2,1-6H3. The molecule has 0 N–H and O–H groups in total. The van der Waals surface area contributed by atoms with Crippen LogP contribution in [0.3, 0.4) is 0 Å². The molecule has 2 atom stereocenters. The molecule has 1 aromatic heterocycles.